The molecule has 0 N–H and O–H groups in total. The van der Waals surface area contributed by atoms with Crippen LogP contribution >= 0.6 is 0 Å². The molecule has 3 rings (SSSR count). The molecule has 7 heteroatoms. The highest BCUT2D eigenvalue weighted by Crippen LogP contribution is 2.32. The Morgan fingerprint density at radius 2 is 1.17 bits per heavy atom. The van der Waals surface area contributed by atoms with E-state index in [0.29, 0.717) is 11.5 Å². The van der Waals surface area contributed by atoms with Crippen molar-refractivity contribution in [3.05, 3.63) is 70.3 Å². The second kappa shape index (κ2) is 11.4. The zero-order chi connectivity index (χ0) is 26.5. The summed E-state index contributed by atoms with van der Waals surface area (Å²) < 4.78 is 0. The van der Waals surface area contributed by atoms with Crippen molar-refractivity contribution in [2.75, 3.05) is 0 Å². The monoisotopic (exact) mass is 496 g/mol. The Morgan fingerprint density at radius 1 is 0.667 bits per heavy atom. The Morgan fingerprint density at radius 3 is 1.69 bits per heavy atom. The smallest absolute Gasteiger partial charge is 0.292 e. The first-order valence-electron chi connectivity index (χ1n) is 12.4. The molecule has 7 nitrogen and oxygen atoms in total. The Balaban J connectivity index is 1.87. The summed E-state index contributed by atoms with van der Waals surface area (Å²) in [5.41, 5.74) is 0.191. The summed E-state index contributed by atoms with van der Waals surface area (Å²) >= 11 is 0. The van der Waals surface area contributed by atoms with Crippen molar-refractivity contribution < 1.29 is 33.9 Å². The number of rotatable bonds is 7. The maximum Gasteiger partial charge on any atom is 0.374 e. The summed E-state index contributed by atoms with van der Waals surface area (Å²) in [6, 6.07) is 11.8. The van der Waals surface area contributed by atoms with E-state index in [1.54, 1.807) is 41.5 Å². The zero-order valence-electron chi connectivity index (χ0n) is 22.0. The molecule has 1 fully saturated rings. The molecule has 0 heterocycles. The average molecular weight is 497 g/mol. The van der Waals surface area contributed by atoms with Gasteiger partial charge in [-0.05, 0) is 78.0 Å². The third-order valence-corrected chi connectivity index (χ3v) is 5.71. The van der Waals surface area contributed by atoms with Crippen LogP contribution in [0.4, 0.5) is 0 Å². The van der Waals surface area contributed by atoms with Crippen LogP contribution in [-0.2, 0) is 19.6 Å². The van der Waals surface area contributed by atoms with E-state index in [2.05, 4.69) is 0 Å². The van der Waals surface area contributed by atoms with Gasteiger partial charge in [-0.3, -0.25) is 14.6 Å². The Labute approximate surface area is 212 Å². The SMILES string of the molecule is CC(C)(C)OOC(=O)c1ccc(C(=O)c2ccc(C3CCCCC3)cc2)cc1C(=O)OOC(C)(C)C. The van der Waals surface area contributed by atoms with E-state index < -0.39 is 23.1 Å². The third-order valence-electron chi connectivity index (χ3n) is 5.71. The molecule has 0 spiro atoms. The van der Waals surface area contributed by atoms with Gasteiger partial charge in [-0.15, -0.1) is 0 Å². The second-order valence-corrected chi connectivity index (χ2v) is 11.2. The second-order valence-electron chi connectivity index (χ2n) is 11.2. The average Bonchev–Trinajstić information content (AvgIpc) is 2.84. The molecule has 0 atom stereocenters. The molecule has 2 aromatic carbocycles. The van der Waals surface area contributed by atoms with E-state index >= 15 is 0 Å². The normalized spacial score (nSPS) is 14.8. The highest BCUT2D eigenvalue weighted by Gasteiger charge is 2.27. The van der Waals surface area contributed by atoms with Crippen LogP contribution in [0.15, 0.2) is 42.5 Å². The summed E-state index contributed by atoms with van der Waals surface area (Å²) in [5.74, 6) is -1.55. The highest BCUT2D eigenvalue weighted by molar-refractivity contribution is 6.11. The van der Waals surface area contributed by atoms with Gasteiger partial charge < -0.3 is 0 Å². The number of hydrogen-bond acceptors (Lipinski definition) is 7. The fraction of sp³-hybridized carbons (Fsp3) is 0.483. The van der Waals surface area contributed by atoms with Gasteiger partial charge in [0.1, 0.15) is 11.2 Å². The minimum atomic E-state index is -0.921. The van der Waals surface area contributed by atoms with Crippen LogP contribution in [0.5, 0.6) is 0 Å². The van der Waals surface area contributed by atoms with Crippen molar-refractivity contribution in [3.63, 3.8) is 0 Å². The van der Waals surface area contributed by atoms with Crippen LogP contribution in [-0.4, -0.2) is 28.9 Å². The predicted molar refractivity (Wildman–Crippen MR) is 135 cm³/mol. The van der Waals surface area contributed by atoms with E-state index in [-0.39, 0.29) is 22.5 Å². The Kier molecular flexibility index (Phi) is 8.69. The molecule has 0 amide bonds. The standard InChI is InChI=1S/C29H36O7/c1-28(2,3)35-33-26(31)23-17-16-22(18-24(23)27(32)34-36-29(4,5)6)25(30)21-14-12-20(13-15-21)19-10-8-7-9-11-19/h12-19H,7-11H2,1-6H3. The topological polar surface area (TPSA) is 88.1 Å². The number of carbonyl (C=O) groups excluding carboxylic acids is 3. The first kappa shape index (κ1) is 27.6. The molecular weight excluding hydrogens is 460 g/mol. The van der Waals surface area contributed by atoms with E-state index in [1.165, 1.54) is 55.9 Å². The molecule has 36 heavy (non-hydrogen) atoms. The van der Waals surface area contributed by atoms with Gasteiger partial charge in [0, 0.05) is 11.1 Å². The molecule has 0 aromatic heterocycles. The van der Waals surface area contributed by atoms with Crippen LogP contribution in [0.2, 0.25) is 0 Å². The molecule has 1 aliphatic carbocycles. The van der Waals surface area contributed by atoms with Crippen molar-refractivity contribution in [1.29, 1.82) is 0 Å². The number of benzene rings is 2. The van der Waals surface area contributed by atoms with Gasteiger partial charge in [-0.25, -0.2) is 9.59 Å². The minimum Gasteiger partial charge on any atom is -0.292 e. The van der Waals surface area contributed by atoms with Gasteiger partial charge in [0.2, 0.25) is 0 Å². The summed E-state index contributed by atoms with van der Waals surface area (Å²) in [6.07, 6.45) is 6.10. The molecule has 0 saturated heterocycles. The minimum absolute atomic E-state index is 0.106. The number of hydrogen-bond donors (Lipinski definition) is 0. The molecule has 0 unspecified atom stereocenters. The Hall–Kier alpha value is -3.03. The molecule has 194 valence electrons. The van der Waals surface area contributed by atoms with Gasteiger partial charge in [0.15, 0.2) is 5.78 Å². The largest absolute Gasteiger partial charge is 0.374 e. The quantitative estimate of drug-likeness (QED) is 0.238. The van der Waals surface area contributed by atoms with Crippen molar-refractivity contribution >= 4 is 17.7 Å². The van der Waals surface area contributed by atoms with Crippen LogP contribution in [0.1, 0.15) is 122 Å². The number of carbonyl (C=O) groups is 3. The van der Waals surface area contributed by atoms with Crippen molar-refractivity contribution in [1.82, 2.24) is 0 Å². The number of ketones is 1. The molecule has 0 radical (unpaired) electrons. The predicted octanol–water partition coefficient (Wildman–Crippen LogP) is 6.74. The molecular formula is C29H36O7. The van der Waals surface area contributed by atoms with Crippen LogP contribution in [0.25, 0.3) is 0 Å². The zero-order valence-corrected chi connectivity index (χ0v) is 22.0. The molecule has 0 aliphatic heterocycles. The van der Waals surface area contributed by atoms with Crippen molar-refractivity contribution in [2.24, 2.45) is 0 Å². The van der Waals surface area contributed by atoms with Gasteiger partial charge in [0.05, 0.1) is 11.1 Å². The maximum absolute atomic E-state index is 13.2. The Bertz CT molecular complexity index is 1080. The van der Waals surface area contributed by atoms with E-state index in [0.717, 1.165) is 0 Å². The van der Waals surface area contributed by atoms with Crippen LogP contribution < -0.4 is 0 Å². The van der Waals surface area contributed by atoms with Gasteiger partial charge in [0.25, 0.3) is 0 Å². The summed E-state index contributed by atoms with van der Waals surface area (Å²) in [6.45, 7) is 10.3. The van der Waals surface area contributed by atoms with Crippen molar-refractivity contribution in [3.8, 4) is 0 Å². The van der Waals surface area contributed by atoms with Gasteiger partial charge in [-0.2, -0.15) is 9.78 Å². The lowest BCUT2D eigenvalue weighted by molar-refractivity contribution is -0.302. The molecule has 1 saturated carbocycles. The van der Waals surface area contributed by atoms with E-state index in [1.807, 2.05) is 24.3 Å². The van der Waals surface area contributed by atoms with Crippen LogP contribution in [0.3, 0.4) is 0 Å². The van der Waals surface area contributed by atoms with Crippen molar-refractivity contribution in [2.45, 2.75) is 90.8 Å². The van der Waals surface area contributed by atoms with E-state index in [9.17, 15) is 14.4 Å². The first-order chi connectivity index (χ1) is 16.8. The molecule has 0 bridgehead atoms. The lowest BCUT2D eigenvalue weighted by atomic mass is 9.83. The first-order valence-corrected chi connectivity index (χ1v) is 12.4. The summed E-state index contributed by atoms with van der Waals surface area (Å²) in [7, 11) is 0. The highest BCUT2D eigenvalue weighted by atomic mass is 17.2. The summed E-state index contributed by atoms with van der Waals surface area (Å²) in [4.78, 5) is 58.9. The molecule has 2 aromatic rings. The third kappa shape index (κ3) is 7.73. The van der Waals surface area contributed by atoms with Gasteiger partial charge in [-0.1, -0.05) is 49.6 Å². The fourth-order valence-corrected chi connectivity index (χ4v) is 3.96. The summed E-state index contributed by atoms with van der Waals surface area (Å²) in [5, 5.41) is 0. The molecule has 1 aliphatic rings. The maximum atomic E-state index is 13.2. The lowest BCUT2D eigenvalue weighted by Gasteiger charge is -2.22. The fourth-order valence-electron chi connectivity index (χ4n) is 3.96. The lowest BCUT2D eigenvalue weighted by Crippen LogP contribution is -2.25. The van der Waals surface area contributed by atoms with Gasteiger partial charge >= 0.3 is 11.9 Å². The van der Waals surface area contributed by atoms with E-state index in [4.69, 9.17) is 19.6 Å². The van der Waals surface area contributed by atoms with Crippen LogP contribution in [0, 0.1) is 0 Å².